The maximum absolute atomic E-state index is 12.2. The van der Waals surface area contributed by atoms with E-state index in [1.165, 1.54) is 17.9 Å². The van der Waals surface area contributed by atoms with Gasteiger partial charge < -0.3 is 14.8 Å². The molecule has 2 amide bonds. The lowest BCUT2D eigenvalue weighted by molar-refractivity contribution is -0.153. The minimum absolute atomic E-state index is 0.164. The Balaban J connectivity index is 2.03. The summed E-state index contributed by atoms with van der Waals surface area (Å²) in [5.74, 6) is -0.788. The molecule has 0 aromatic heterocycles. The van der Waals surface area contributed by atoms with Gasteiger partial charge in [-0.2, -0.15) is 0 Å². The predicted octanol–water partition coefficient (Wildman–Crippen LogP) is 1.04. The van der Waals surface area contributed by atoms with Crippen LogP contribution < -0.4 is 15.0 Å². The van der Waals surface area contributed by atoms with Crippen molar-refractivity contribution in [1.29, 1.82) is 0 Å². The SMILES string of the molecule is C=CCNC(=O)[C@@H](C)OC(=O)CN1C(=O)CCOc2ccccc21. The lowest BCUT2D eigenvalue weighted by Crippen LogP contribution is -2.40. The molecule has 0 fully saturated rings. The van der Waals surface area contributed by atoms with E-state index in [-0.39, 0.29) is 32.0 Å². The number of benzene rings is 1. The summed E-state index contributed by atoms with van der Waals surface area (Å²) in [7, 11) is 0. The molecule has 0 radical (unpaired) electrons. The number of carbonyl (C=O) groups excluding carboxylic acids is 3. The van der Waals surface area contributed by atoms with Gasteiger partial charge in [0.25, 0.3) is 5.91 Å². The summed E-state index contributed by atoms with van der Waals surface area (Å²) >= 11 is 0. The monoisotopic (exact) mass is 332 g/mol. The summed E-state index contributed by atoms with van der Waals surface area (Å²) in [5.41, 5.74) is 0.515. The van der Waals surface area contributed by atoms with Crippen LogP contribution >= 0.6 is 0 Å². The number of carbonyl (C=O) groups is 3. The number of anilines is 1. The molecule has 2 rings (SSSR count). The fourth-order valence-corrected chi connectivity index (χ4v) is 2.23. The van der Waals surface area contributed by atoms with Crippen molar-refractivity contribution >= 4 is 23.5 Å². The number of rotatable bonds is 6. The van der Waals surface area contributed by atoms with Crippen molar-refractivity contribution in [2.24, 2.45) is 0 Å². The number of para-hydroxylation sites is 2. The smallest absolute Gasteiger partial charge is 0.326 e. The van der Waals surface area contributed by atoms with Crippen molar-refractivity contribution in [3.63, 3.8) is 0 Å². The third kappa shape index (κ3) is 4.34. The number of amides is 2. The van der Waals surface area contributed by atoms with Crippen molar-refractivity contribution in [2.45, 2.75) is 19.4 Å². The van der Waals surface area contributed by atoms with Gasteiger partial charge in [-0.15, -0.1) is 6.58 Å². The Morgan fingerprint density at radius 3 is 2.96 bits per heavy atom. The lowest BCUT2D eigenvalue weighted by Gasteiger charge is -2.22. The third-order valence-electron chi connectivity index (χ3n) is 3.42. The molecular formula is C17H20N2O5. The minimum atomic E-state index is -0.953. The maximum atomic E-state index is 12.2. The van der Waals surface area contributed by atoms with Gasteiger partial charge in [-0.1, -0.05) is 18.2 Å². The van der Waals surface area contributed by atoms with Crippen LogP contribution in [-0.2, 0) is 19.1 Å². The van der Waals surface area contributed by atoms with Crippen molar-refractivity contribution < 1.29 is 23.9 Å². The summed E-state index contributed by atoms with van der Waals surface area (Å²) in [6, 6.07) is 6.98. The summed E-state index contributed by atoms with van der Waals surface area (Å²) in [6.07, 6.45) is 0.738. The molecule has 7 nitrogen and oxygen atoms in total. The zero-order chi connectivity index (χ0) is 17.5. The second-order valence-corrected chi connectivity index (χ2v) is 5.21. The molecule has 1 atom stereocenters. The van der Waals surface area contributed by atoms with E-state index in [1.54, 1.807) is 24.3 Å². The van der Waals surface area contributed by atoms with Crippen molar-refractivity contribution in [2.75, 3.05) is 24.6 Å². The number of hydrogen-bond donors (Lipinski definition) is 1. The van der Waals surface area contributed by atoms with Gasteiger partial charge in [0.2, 0.25) is 5.91 Å². The van der Waals surface area contributed by atoms with Gasteiger partial charge >= 0.3 is 5.97 Å². The van der Waals surface area contributed by atoms with Gasteiger partial charge in [0, 0.05) is 6.54 Å². The topological polar surface area (TPSA) is 84.9 Å². The van der Waals surface area contributed by atoms with Crippen LogP contribution in [0.3, 0.4) is 0 Å². The molecule has 0 bridgehead atoms. The third-order valence-corrected chi connectivity index (χ3v) is 3.42. The number of hydrogen-bond acceptors (Lipinski definition) is 5. The lowest BCUT2D eigenvalue weighted by atomic mass is 10.2. The molecule has 0 saturated heterocycles. The van der Waals surface area contributed by atoms with Gasteiger partial charge in [0.1, 0.15) is 12.3 Å². The molecule has 1 aliphatic heterocycles. The quantitative estimate of drug-likeness (QED) is 0.621. The highest BCUT2D eigenvalue weighted by Crippen LogP contribution is 2.30. The molecule has 1 N–H and O–H groups in total. The number of nitrogens with zero attached hydrogens (tertiary/aromatic N) is 1. The summed E-state index contributed by atoms with van der Waals surface area (Å²) in [4.78, 5) is 37.4. The van der Waals surface area contributed by atoms with Crippen LogP contribution in [0.1, 0.15) is 13.3 Å². The Bertz CT molecular complexity index is 644. The van der Waals surface area contributed by atoms with E-state index in [0.717, 1.165) is 0 Å². The highest BCUT2D eigenvalue weighted by molar-refractivity contribution is 5.99. The molecule has 0 aliphatic carbocycles. The van der Waals surface area contributed by atoms with Gasteiger partial charge in [-0.3, -0.25) is 19.3 Å². The van der Waals surface area contributed by atoms with Gasteiger partial charge in [0.15, 0.2) is 6.10 Å². The Labute approximate surface area is 140 Å². The fourth-order valence-electron chi connectivity index (χ4n) is 2.23. The first-order valence-electron chi connectivity index (χ1n) is 7.63. The van der Waals surface area contributed by atoms with E-state index in [9.17, 15) is 14.4 Å². The van der Waals surface area contributed by atoms with Crippen LogP contribution in [0.5, 0.6) is 5.75 Å². The first-order valence-corrected chi connectivity index (χ1v) is 7.63. The molecule has 0 saturated carbocycles. The highest BCUT2D eigenvalue weighted by atomic mass is 16.5. The summed E-state index contributed by atoms with van der Waals surface area (Å²) in [5, 5.41) is 2.54. The van der Waals surface area contributed by atoms with Crippen LogP contribution in [0.15, 0.2) is 36.9 Å². The molecule has 1 aromatic rings. The highest BCUT2D eigenvalue weighted by Gasteiger charge is 2.27. The largest absolute Gasteiger partial charge is 0.491 e. The van der Waals surface area contributed by atoms with E-state index in [2.05, 4.69) is 11.9 Å². The van der Waals surface area contributed by atoms with Gasteiger partial charge in [-0.05, 0) is 19.1 Å². The van der Waals surface area contributed by atoms with Crippen molar-refractivity contribution in [1.82, 2.24) is 5.32 Å². The van der Waals surface area contributed by atoms with Crippen LogP contribution in [0.4, 0.5) is 5.69 Å². The summed E-state index contributed by atoms with van der Waals surface area (Å²) < 4.78 is 10.6. The van der Waals surface area contributed by atoms with Gasteiger partial charge in [-0.25, -0.2) is 0 Å². The average Bonchev–Trinajstić information content (AvgIpc) is 2.72. The van der Waals surface area contributed by atoms with Crippen LogP contribution in [-0.4, -0.2) is 43.6 Å². The maximum Gasteiger partial charge on any atom is 0.326 e. The summed E-state index contributed by atoms with van der Waals surface area (Å²) in [6.45, 7) is 5.22. The Hall–Kier alpha value is -2.83. The van der Waals surface area contributed by atoms with E-state index in [1.807, 2.05) is 0 Å². The van der Waals surface area contributed by atoms with Crippen LogP contribution in [0, 0.1) is 0 Å². The predicted molar refractivity (Wildman–Crippen MR) is 87.7 cm³/mol. The first kappa shape index (κ1) is 17.5. The Kier molecular flexibility index (Phi) is 5.95. The zero-order valence-electron chi connectivity index (χ0n) is 13.5. The standard InChI is InChI=1S/C17H20N2O5/c1-3-9-18-17(22)12(2)24-16(21)11-19-13-6-4-5-7-14(13)23-10-8-15(19)20/h3-7,12H,1,8-11H2,2H3,(H,18,22)/t12-/m1/s1. The molecule has 1 heterocycles. The number of fused-ring (bicyclic) bond motifs is 1. The van der Waals surface area contributed by atoms with Gasteiger partial charge in [0.05, 0.1) is 18.7 Å². The van der Waals surface area contributed by atoms with Crippen LogP contribution in [0.25, 0.3) is 0 Å². The van der Waals surface area contributed by atoms with E-state index < -0.39 is 18.0 Å². The molecule has 1 aliphatic rings. The van der Waals surface area contributed by atoms with E-state index in [4.69, 9.17) is 9.47 Å². The van der Waals surface area contributed by atoms with Crippen molar-refractivity contribution in [3.8, 4) is 5.75 Å². The molecular weight excluding hydrogens is 312 g/mol. The van der Waals surface area contributed by atoms with E-state index in [0.29, 0.717) is 11.4 Å². The molecule has 128 valence electrons. The fraction of sp³-hybridized carbons (Fsp3) is 0.353. The molecule has 0 spiro atoms. The second kappa shape index (κ2) is 8.14. The minimum Gasteiger partial charge on any atom is -0.491 e. The Morgan fingerprint density at radius 1 is 1.46 bits per heavy atom. The molecule has 1 aromatic carbocycles. The second-order valence-electron chi connectivity index (χ2n) is 5.21. The van der Waals surface area contributed by atoms with Crippen LogP contribution in [0.2, 0.25) is 0 Å². The van der Waals surface area contributed by atoms with Crippen molar-refractivity contribution in [3.05, 3.63) is 36.9 Å². The molecule has 0 unspecified atom stereocenters. The normalized spacial score (nSPS) is 14.7. The zero-order valence-corrected chi connectivity index (χ0v) is 13.5. The first-order chi connectivity index (χ1) is 11.5. The molecule has 24 heavy (non-hydrogen) atoms. The number of ether oxygens (including phenoxy) is 2. The van der Waals surface area contributed by atoms with E-state index >= 15 is 0 Å². The molecule has 7 heteroatoms. The number of esters is 1. The Morgan fingerprint density at radius 2 is 2.21 bits per heavy atom. The number of nitrogens with one attached hydrogen (secondary N) is 1. The average molecular weight is 332 g/mol.